The van der Waals surface area contributed by atoms with Crippen LogP contribution in [0.4, 0.5) is 0 Å². The number of aliphatic hydroxyl groups excluding tert-OH is 1. The maximum atomic E-state index is 9.34. The van der Waals surface area contributed by atoms with Crippen molar-refractivity contribution in [3.05, 3.63) is 22.7 Å². The molecular weight excluding hydrogens is 266 g/mol. The summed E-state index contributed by atoms with van der Waals surface area (Å²) in [6.07, 6.45) is 1.92. The van der Waals surface area contributed by atoms with Crippen molar-refractivity contribution in [2.45, 2.75) is 38.5 Å². The molecule has 1 saturated carbocycles. The molecule has 0 aromatic heterocycles. The van der Waals surface area contributed by atoms with Crippen molar-refractivity contribution in [1.82, 2.24) is 5.32 Å². The topological polar surface area (TPSA) is 50.7 Å². The van der Waals surface area contributed by atoms with Gasteiger partial charge in [-0.3, -0.25) is 0 Å². The molecule has 0 bridgehead atoms. The Morgan fingerprint density at radius 3 is 2.79 bits per heavy atom. The molecule has 1 aromatic carbocycles. The van der Waals surface area contributed by atoms with E-state index < -0.39 is 6.10 Å². The predicted octanol–water partition coefficient (Wildman–Crippen LogP) is 2.36. The van der Waals surface area contributed by atoms with E-state index in [0.29, 0.717) is 29.1 Å². The number of benzene rings is 1. The molecule has 1 atom stereocenters. The number of ether oxygens (including phenoxy) is 2. The Labute approximate surface area is 118 Å². The van der Waals surface area contributed by atoms with Gasteiger partial charge in [-0.1, -0.05) is 11.6 Å². The molecule has 5 heteroatoms. The molecule has 0 amide bonds. The second-order valence-corrected chi connectivity index (χ2v) is 5.35. The van der Waals surface area contributed by atoms with E-state index in [1.807, 2.05) is 6.07 Å². The fraction of sp³-hybridized carbons (Fsp3) is 0.571. The number of hydrogen-bond donors (Lipinski definition) is 2. The molecule has 0 heterocycles. The predicted molar refractivity (Wildman–Crippen MR) is 75.0 cm³/mol. The summed E-state index contributed by atoms with van der Waals surface area (Å²) >= 11 is 6.08. The van der Waals surface area contributed by atoms with Gasteiger partial charge in [0.1, 0.15) is 6.61 Å². The van der Waals surface area contributed by atoms with Crippen LogP contribution in [0.25, 0.3) is 0 Å². The van der Waals surface area contributed by atoms with Crippen LogP contribution in [0.1, 0.15) is 25.3 Å². The van der Waals surface area contributed by atoms with Crippen LogP contribution < -0.4 is 14.8 Å². The molecule has 4 nitrogen and oxygen atoms in total. The van der Waals surface area contributed by atoms with Crippen LogP contribution in [0.15, 0.2) is 12.1 Å². The molecule has 2 N–H and O–H groups in total. The molecule has 1 unspecified atom stereocenters. The molecule has 1 aliphatic carbocycles. The lowest BCUT2D eigenvalue weighted by atomic mass is 10.1. The molecule has 0 radical (unpaired) electrons. The van der Waals surface area contributed by atoms with Gasteiger partial charge in [0.05, 0.1) is 13.2 Å². The molecule has 1 fully saturated rings. The third-order valence-electron chi connectivity index (χ3n) is 2.94. The normalized spacial score (nSPS) is 16.2. The minimum Gasteiger partial charge on any atom is -0.493 e. The molecule has 2 rings (SSSR count). The average Bonchev–Trinajstić information content (AvgIpc) is 3.17. The van der Waals surface area contributed by atoms with E-state index in [0.717, 1.165) is 5.56 Å². The smallest absolute Gasteiger partial charge is 0.165 e. The second-order valence-electron chi connectivity index (χ2n) is 4.91. The summed E-state index contributed by atoms with van der Waals surface area (Å²) in [6, 6.07) is 4.20. The Hall–Kier alpha value is -0.970. The Bertz CT molecular complexity index is 433. The van der Waals surface area contributed by atoms with Gasteiger partial charge >= 0.3 is 0 Å². The van der Waals surface area contributed by atoms with Gasteiger partial charge in [0.15, 0.2) is 11.5 Å². The zero-order valence-electron chi connectivity index (χ0n) is 11.3. The molecule has 1 aliphatic rings. The average molecular weight is 286 g/mol. The fourth-order valence-corrected chi connectivity index (χ4v) is 2.05. The third kappa shape index (κ3) is 4.27. The number of hydrogen-bond acceptors (Lipinski definition) is 4. The van der Waals surface area contributed by atoms with Crippen molar-refractivity contribution in [3.8, 4) is 11.5 Å². The number of methoxy groups -OCH3 is 1. The van der Waals surface area contributed by atoms with E-state index in [1.54, 1.807) is 20.1 Å². The van der Waals surface area contributed by atoms with Crippen LogP contribution in [0.3, 0.4) is 0 Å². The van der Waals surface area contributed by atoms with Crippen molar-refractivity contribution >= 4 is 11.6 Å². The van der Waals surface area contributed by atoms with Crippen LogP contribution >= 0.6 is 11.6 Å². The summed E-state index contributed by atoms with van der Waals surface area (Å²) in [5.41, 5.74) is 0.955. The van der Waals surface area contributed by atoms with Crippen molar-refractivity contribution < 1.29 is 14.6 Å². The van der Waals surface area contributed by atoms with Gasteiger partial charge < -0.3 is 19.9 Å². The molecule has 0 saturated heterocycles. The minimum atomic E-state index is -0.523. The largest absolute Gasteiger partial charge is 0.493 e. The van der Waals surface area contributed by atoms with Crippen molar-refractivity contribution in [1.29, 1.82) is 0 Å². The minimum absolute atomic E-state index is 0.231. The third-order valence-corrected chi connectivity index (χ3v) is 3.16. The first-order chi connectivity index (χ1) is 9.10. The fourth-order valence-electron chi connectivity index (χ4n) is 1.82. The zero-order chi connectivity index (χ0) is 13.8. The van der Waals surface area contributed by atoms with E-state index in [1.165, 1.54) is 12.8 Å². The van der Waals surface area contributed by atoms with Gasteiger partial charge in [-0.25, -0.2) is 0 Å². The standard InChI is InChI=1S/C14H20ClNO3/c1-9(17)8-19-14-10(7-16-12-3-4-12)5-11(15)6-13(14)18-2/h5-6,9,12,16-17H,3-4,7-8H2,1-2H3. The molecule has 19 heavy (non-hydrogen) atoms. The van der Waals surface area contributed by atoms with Gasteiger partial charge in [-0.2, -0.15) is 0 Å². The van der Waals surface area contributed by atoms with Crippen molar-refractivity contribution in [3.63, 3.8) is 0 Å². The van der Waals surface area contributed by atoms with Crippen LogP contribution in [0, 0.1) is 0 Å². The van der Waals surface area contributed by atoms with Gasteiger partial charge in [0.2, 0.25) is 0 Å². The Morgan fingerprint density at radius 2 is 2.21 bits per heavy atom. The van der Waals surface area contributed by atoms with Crippen LogP contribution in [-0.4, -0.2) is 31.0 Å². The van der Waals surface area contributed by atoms with E-state index >= 15 is 0 Å². The highest BCUT2D eigenvalue weighted by molar-refractivity contribution is 6.30. The monoisotopic (exact) mass is 285 g/mol. The lowest BCUT2D eigenvalue weighted by Crippen LogP contribution is -2.18. The van der Waals surface area contributed by atoms with Crippen LogP contribution in [0.5, 0.6) is 11.5 Å². The lowest BCUT2D eigenvalue weighted by molar-refractivity contribution is 0.120. The first-order valence-electron chi connectivity index (χ1n) is 6.50. The summed E-state index contributed by atoms with van der Waals surface area (Å²) in [7, 11) is 1.58. The molecule has 0 spiro atoms. The summed E-state index contributed by atoms with van der Waals surface area (Å²) in [4.78, 5) is 0. The Kier molecular flexibility index (Phi) is 4.91. The SMILES string of the molecule is COc1cc(Cl)cc(CNC2CC2)c1OCC(C)O. The highest BCUT2D eigenvalue weighted by atomic mass is 35.5. The highest BCUT2D eigenvalue weighted by Crippen LogP contribution is 2.35. The number of nitrogens with one attached hydrogen (secondary N) is 1. The molecule has 0 aliphatic heterocycles. The first-order valence-corrected chi connectivity index (χ1v) is 6.88. The summed E-state index contributed by atoms with van der Waals surface area (Å²) in [6.45, 7) is 2.61. The zero-order valence-corrected chi connectivity index (χ0v) is 12.0. The first kappa shape index (κ1) is 14.4. The van der Waals surface area contributed by atoms with Crippen molar-refractivity contribution in [2.24, 2.45) is 0 Å². The van der Waals surface area contributed by atoms with Crippen LogP contribution in [0.2, 0.25) is 5.02 Å². The lowest BCUT2D eigenvalue weighted by Gasteiger charge is -2.17. The maximum absolute atomic E-state index is 9.34. The van der Waals surface area contributed by atoms with Gasteiger partial charge in [0, 0.05) is 29.2 Å². The Morgan fingerprint density at radius 1 is 1.47 bits per heavy atom. The van der Waals surface area contributed by atoms with Crippen LogP contribution in [-0.2, 0) is 6.54 Å². The summed E-state index contributed by atoms with van der Waals surface area (Å²) < 4.78 is 11.0. The second kappa shape index (κ2) is 6.46. The van der Waals surface area contributed by atoms with Gasteiger partial charge in [-0.15, -0.1) is 0 Å². The van der Waals surface area contributed by atoms with E-state index in [2.05, 4.69) is 5.32 Å². The molecular formula is C14H20ClNO3. The summed E-state index contributed by atoms with van der Waals surface area (Å²) in [5.74, 6) is 1.25. The molecule has 106 valence electrons. The highest BCUT2D eigenvalue weighted by Gasteiger charge is 2.22. The van der Waals surface area contributed by atoms with Gasteiger partial charge in [-0.05, 0) is 25.8 Å². The quantitative estimate of drug-likeness (QED) is 0.807. The van der Waals surface area contributed by atoms with E-state index in [-0.39, 0.29) is 6.61 Å². The summed E-state index contributed by atoms with van der Waals surface area (Å²) in [5, 5.41) is 13.4. The number of rotatable bonds is 7. The maximum Gasteiger partial charge on any atom is 0.165 e. The number of aliphatic hydroxyl groups is 1. The molecule has 1 aromatic rings. The van der Waals surface area contributed by atoms with E-state index in [4.69, 9.17) is 21.1 Å². The number of halogens is 1. The van der Waals surface area contributed by atoms with Crippen molar-refractivity contribution in [2.75, 3.05) is 13.7 Å². The van der Waals surface area contributed by atoms with E-state index in [9.17, 15) is 5.11 Å². The Balaban J connectivity index is 2.17. The van der Waals surface area contributed by atoms with Gasteiger partial charge in [0.25, 0.3) is 0 Å².